The van der Waals surface area contributed by atoms with Crippen molar-refractivity contribution in [3.8, 4) is 5.75 Å². The first-order chi connectivity index (χ1) is 13.5. The highest BCUT2D eigenvalue weighted by molar-refractivity contribution is 5.79. The standard InChI is InChI=1S/C20H33F2N5O/c1-4-23-20(24-8-11-27-10-5-9-26(3)12-13-27)25-15-17-14-16(2)6-7-18(17)28-19(21)22/h6-7,14,19H,4-5,8-13,15H2,1-3H3,(H2,23,24,25). The number of rotatable bonds is 8. The Bertz CT molecular complexity index is 627. The van der Waals surface area contributed by atoms with Crippen LogP contribution in [0.3, 0.4) is 0 Å². The SMILES string of the molecule is CCNC(=NCc1cc(C)ccc1OC(F)F)NCCN1CCCN(C)CC1. The fourth-order valence-corrected chi connectivity index (χ4v) is 3.20. The Morgan fingerprint density at radius 1 is 1.21 bits per heavy atom. The summed E-state index contributed by atoms with van der Waals surface area (Å²) in [6.45, 7) is 8.22. The summed E-state index contributed by atoms with van der Waals surface area (Å²) in [6, 6.07) is 5.16. The molecular weight excluding hydrogens is 364 g/mol. The minimum atomic E-state index is -2.84. The summed E-state index contributed by atoms with van der Waals surface area (Å²) in [7, 11) is 2.16. The summed E-state index contributed by atoms with van der Waals surface area (Å²) in [5, 5.41) is 6.55. The second kappa shape index (κ2) is 11.8. The molecule has 0 aliphatic carbocycles. The lowest BCUT2D eigenvalue weighted by atomic mass is 10.1. The summed E-state index contributed by atoms with van der Waals surface area (Å²) in [5.41, 5.74) is 1.63. The second-order valence-corrected chi connectivity index (χ2v) is 7.11. The van der Waals surface area contributed by atoms with E-state index in [0.29, 0.717) is 11.5 Å². The fraction of sp³-hybridized carbons (Fsp3) is 0.650. The zero-order valence-corrected chi connectivity index (χ0v) is 17.2. The highest BCUT2D eigenvalue weighted by atomic mass is 19.3. The maximum atomic E-state index is 12.6. The molecule has 0 unspecified atom stereocenters. The predicted octanol–water partition coefficient (Wildman–Crippen LogP) is 2.29. The van der Waals surface area contributed by atoms with Crippen LogP contribution in [0.4, 0.5) is 8.78 Å². The van der Waals surface area contributed by atoms with Crippen LogP contribution in [-0.4, -0.2) is 75.2 Å². The molecular formula is C20H33F2N5O. The number of halogens is 2. The number of ether oxygens (including phenoxy) is 1. The van der Waals surface area contributed by atoms with Crippen molar-refractivity contribution in [3.05, 3.63) is 29.3 Å². The molecule has 0 radical (unpaired) electrons. The molecule has 6 nitrogen and oxygen atoms in total. The van der Waals surface area contributed by atoms with Gasteiger partial charge in [0.2, 0.25) is 0 Å². The van der Waals surface area contributed by atoms with Gasteiger partial charge in [-0.25, -0.2) is 4.99 Å². The first kappa shape index (κ1) is 22.4. The van der Waals surface area contributed by atoms with E-state index in [4.69, 9.17) is 0 Å². The van der Waals surface area contributed by atoms with Crippen LogP contribution in [0.15, 0.2) is 23.2 Å². The first-order valence-electron chi connectivity index (χ1n) is 9.95. The van der Waals surface area contributed by atoms with E-state index in [1.807, 2.05) is 19.9 Å². The molecule has 0 amide bonds. The molecule has 28 heavy (non-hydrogen) atoms. The first-order valence-corrected chi connectivity index (χ1v) is 9.95. The predicted molar refractivity (Wildman–Crippen MR) is 109 cm³/mol. The normalized spacial score (nSPS) is 16.9. The van der Waals surface area contributed by atoms with Crippen molar-refractivity contribution in [2.75, 3.05) is 52.9 Å². The summed E-state index contributed by atoms with van der Waals surface area (Å²) in [5.74, 6) is 0.854. The van der Waals surface area contributed by atoms with Gasteiger partial charge in [0, 0.05) is 38.3 Å². The van der Waals surface area contributed by atoms with E-state index in [-0.39, 0.29) is 12.3 Å². The van der Waals surface area contributed by atoms with Gasteiger partial charge in [0.25, 0.3) is 0 Å². The third-order valence-electron chi connectivity index (χ3n) is 4.72. The van der Waals surface area contributed by atoms with Crippen molar-refractivity contribution < 1.29 is 13.5 Å². The number of aryl methyl sites for hydroxylation is 1. The van der Waals surface area contributed by atoms with Crippen molar-refractivity contribution in [3.63, 3.8) is 0 Å². The van der Waals surface area contributed by atoms with E-state index in [2.05, 4.69) is 37.2 Å². The minimum absolute atomic E-state index is 0.175. The number of alkyl halides is 2. The average molecular weight is 398 g/mol. The van der Waals surface area contributed by atoms with Crippen LogP contribution < -0.4 is 15.4 Å². The van der Waals surface area contributed by atoms with Gasteiger partial charge in [-0.15, -0.1) is 0 Å². The molecule has 158 valence electrons. The largest absolute Gasteiger partial charge is 0.434 e. The molecule has 0 bridgehead atoms. The highest BCUT2D eigenvalue weighted by Crippen LogP contribution is 2.22. The average Bonchev–Trinajstić information content (AvgIpc) is 2.85. The molecule has 1 aromatic rings. The van der Waals surface area contributed by atoms with Gasteiger partial charge in [-0.05, 0) is 46.5 Å². The monoisotopic (exact) mass is 397 g/mol. The van der Waals surface area contributed by atoms with E-state index in [0.717, 1.165) is 51.4 Å². The molecule has 2 rings (SSSR count). The molecule has 0 spiro atoms. The van der Waals surface area contributed by atoms with Gasteiger partial charge < -0.3 is 25.2 Å². The number of hydrogen-bond acceptors (Lipinski definition) is 4. The smallest absolute Gasteiger partial charge is 0.387 e. The lowest BCUT2D eigenvalue weighted by Gasteiger charge is -2.21. The van der Waals surface area contributed by atoms with Crippen molar-refractivity contribution in [1.82, 2.24) is 20.4 Å². The Morgan fingerprint density at radius 3 is 2.79 bits per heavy atom. The molecule has 1 heterocycles. The number of guanidine groups is 1. The van der Waals surface area contributed by atoms with Gasteiger partial charge in [-0.2, -0.15) is 8.78 Å². The molecule has 0 saturated carbocycles. The van der Waals surface area contributed by atoms with Gasteiger partial charge >= 0.3 is 6.61 Å². The van der Waals surface area contributed by atoms with Gasteiger partial charge in [-0.3, -0.25) is 0 Å². The maximum Gasteiger partial charge on any atom is 0.387 e. The Labute approximate surface area is 166 Å². The number of benzene rings is 1. The lowest BCUT2D eigenvalue weighted by molar-refractivity contribution is -0.0504. The Kier molecular flexibility index (Phi) is 9.43. The van der Waals surface area contributed by atoms with Crippen LogP contribution >= 0.6 is 0 Å². The Hall–Kier alpha value is -1.93. The number of nitrogens with zero attached hydrogens (tertiary/aromatic N) is 3. The molecule has 8 heteroatoms. The van der Waals surface area contributed by atoms with E-state index in [1.54, 1.807) is 12.1 Å². The van der Waals surface area contributed by atoms with Crippen molar-refractivity contribution in [2.24, 2.45) is 4.99 Å². The van der Waals surface area contributed by atoms with Crippen LogP contribution in [0.25, 0.3) is 0 Å². The quantitative estimate of drug-likeness (QED) is 0.521. The molecule has 1 fully saturated rings. The summed E-state index contributed by atoms with van der Waals surface area (Å²) < 4.78 is 29.9. The third kappa shape index (κ3) is 7.98. The van der Waals surface area contributed by atoms with Crippen molar-refractivity contribution in [2.45, 2.75) is 33.4 Å². The maximum absolute atomic E-state index is 12.6. The van der Waals surface area contributed by atoms with E-state index >= 15 is 0 Å². The van der Waals surface area contributed by atoms with Crippen LogP contribution in [0.5, 0.6) is 5.75 Å². The zero-order chi connectivity index (χ0) is 20.4. The summed E-state index contributed by atoms with van der Waals surface area (Å²) in [6.07, 6.45) is 1.19. The summed E-state index contributed by atoms with van der Waals surface area (Å²) >= 11 is 0. The van der Waals surface area contributed by atoms with Gasteiger partial charge in [0.1, 0.15) is 5.75 Å². The number of likely N-dealkylation sites (N-methyl/N-ethyl adjacent to an activating group) is 1. The van der Waals surface area contributed by atoms with Crippen molar-refractivity contribution in [1.29, 1.82) is 0 Å². The molecule has 1 aliphatic heterocycles. The number of hydrogen-bond donors (Lipinski definition) is 2. The van der Waals surface area contributed by atoms with Gasteiger partial charge in [0.15, 0.2) is 5.96 Å². The second-order valence-electron chi connectivity index (χ2n) is 7.11. The van der Waals surface area contributed by atoms with Crippen molar-refractivity contribution >= 4 is 5.96 Å². The molecule has 2 N–H and O–H groups in total. The third-order valence-corrected chi connectivity index (χ3v) is 4.72. The van der Waals surface area contributed by atoms with E-state index < -0.39 is 6.61 Å². The van der Waals surface area contributed by atoms with Gasteiger partial charge in [0.05, 0.1) is 6.54 Å². The summed E-state index contributed by atoms with van der Waals surface area (Å²) in [4.78, 5) is 9.36. The van der Waals surface area contributed by atoms with Gasteiger partial charge in [-0.1, -0.05) is 17.7 Å². The Balaban J connectivity index is 1.92. The molecule has 0 aromatic heterocycles. The zero-order valence-electron chi connectivity index (χ0n) is 17.2. The highest BCUT2D eigenvalue weighted by Gasteiger charge is 2.12. The van der Waals surface area contributed by atoms with Crippen LogP contribution in [0.2, 0.25) is 0 Å². The molecule has 0 atom stereocenters. The van der Waals surface area contributed by atoms with E-state index in [9.17, 15) is 8.78 Å². The fourth-order valence-electron chi connectivity index (χ4n) is 3.20. The van der Waals surface area contributed by atoms with Crippen LogP contribution in [0.1, 0.15) is 24.5 Å². The van der Waals surface area contributed by atoms with Crippen LogP contribution in [-0.2, 0) is 6.54 Å². The minimum Gasteiger partial charge on any atom is -0.434 e. The van der Waals surface area contributed by atoms with E-state index in [1.165, 1.54) is 6.42 Å². The topological polar surface area (TPSA) is 52.1 Å². The lowest BCUT2D eigenvalue weighted by Crippen LogP contribution is -2.42. The Morgan fingerprint density at radius 2 is 2.04 bits per heavy atom. The molecule has 1 aliphatic rings. The molecule has 1 saturated heterocycles. The molecule has 1 aromatic carbocycles. The number of aliphatic imine (C=N–C) groups is 1. The number of nitrogens with one attached hydrogen (secondary N) is 2. The van der Waals surface area contributed by atoms with Crippen LogP contribution in [0, 0.1) is 6.92 Å².